The molecule has 1 fully saturated rings. The van der Waals surface area contributed by atoms with Crippen LogP contribution >= 0.6 is 0 Å². The summed E-state index contributed by atoms with van der Waals surface area (Å²) in [6.45, 7) is 7.14. The molecule has 1 aliphatic rings. The van der Waals surface area contributed by atoms with E-state index < -0.39 is 23.3 Å². The van der Waals surface area contributed by atoms with Crippen LogP contribution in [-0.4, -0.2) is 29.2 Å². The summed E-state index contributed by atoms with van der Waals surface area (Å²) in [6.07, 6.45) is 0.288. The molecule has 0 radical (unpaired) electrons. The fraction of sp³-hybridized carbons (Fsp3) is 0.318. The highest BCUT2D eigenvalue weighted by atomic mass is 19.1. The average molecular weight is 382 g/mol. The van der Waals surface area contributed by atoms with Gasteiger partial charge >= 0.3 is 6.03 Å². The van der Waals surface area contributed by atoms with Gasteiger partial charge < -0.3 is 5.32 Å². The van der Waals surface area contributed by atoms with Crippen molar-refractivity contribution in [3.05, 3.63) is 70.0 Å². The summed E-state index contributed by atoms with van der Waals surface area (Å²) in [5, 5.41) is 2.71. The average Bonchev–Trinajstić information content (AvgIpc) is 2.90. The topological polar surface area (TPSA) is 66.5 Å². The number of hydrogen-bond donors (Lipinski definition) is 1. The molecule has 5 nitrogen and oxygen atoms in total. The Balaban J connectivity index is 1.90. The Morgan fingerprint density at radius 2 is 1.64 bits per heavy atom. The third-order valence-corrected chi connectivity index (χ3v) is 5.49. The van der Waals surface area contributed by atoms with Crippen LogP contribution in [0, 0.1) is 26.6 Å². The second-order valence-electron chi connectivity index (χ2n) is 7.26. The van der Waals surface area contributed by atoms with Gasteiger partial charge in [0.15, 0.2) is 5.78 Å². The van der Waals surface area contributed by atoms with Crippen LogP contribution in [0.15, 0.2) is 36.4 Å². The molecular formula is C22H23FN2O3. The largest absolute Gasteiger partial charge is 0.325 e. The van der Waals surface area contributed by atoms with E-state index in [-0.39, 0.29) is 18.7 Å². The zero-order valence-electron chi connectivity index (χ0n) is 16.4. The highest BCUT2D eigenvalue weighted by molar-refractivity contribution is 6.11. The number of nitrogens with one attached hydrogen (secondary N) is 1. The summed E-state index contributed by atoms with van der Waals surface area (Å²) in [7, 11) is 0. The molecule has 1 atom stereocenters. The lowest BCUT2D eigenvalue weighted by Gasteiger charge is -2.25. The second kappa shape index (κ2) is 7.19. The molecule has 0 spiro atoms. The van der Waals surface area contributed by atoms with Crippen LogP contribution in [0.1, 0.15) is 46.0 Å². The van der Waals surface area contributed by atoms with E-state index in [0.29, 0.717) is 11.1 Å². The summed E-state index contributed by atoms with van der Waals surface area (Å²) < 4.78 is 13.3. The first-order valence-corrected chi connectivity index (χ1v) is 9.21. The summed E-state index contributed by atoms with van der Waals surface area (Å²) in [4.78, 5) is 39.4. The zero-order chi connectivity index (χ0) is 20.6. The molecule has 6 heteroatoms. The van der Waals surface area contributed by atoms with E-state index in [1.807, 2.05) is 26.8 Å². The Kier molecular flexibility index (Phi) is 5.06. The normalized spacial score (nSPS) is 19.1. The van der Waals surface area contributed by atoms with Gasteiger partial charge in [0.1, 0.15) is 11.4 Å². The Bertz CT molecular complexity index is 968. The number of rotatable bonds is 5. The first-order valence-electron chi connectivity index (χ1n) is 9.21. The monoisotopic (exact) mass is 382 g/mol. The van der Waals surface area contributed by atoms with E-state index in [4.69, 9.17) is 0 Å². The third kappa shape index (κ3) is 3.19. The van der Waals surface area contributed by atoms with Crippen LogP contribution in [0.3, 0.4) is 0 Å². The zero-order valence-corrected chi connectivity index (χ0v) is 16.4. The van der Waals surface area contributed by atoms with Gasteiger partial charge in [-0.15, -0.1) is 0 Å². The summed E-state index contributed by atoms with van der Waals surface area (Å²) in [6, 6.07) is 8.55. The fourth-order valence-corrected chi connectivity index (χ4v) is 3.63. The molecule has 1 saturated heterocycles. The molecular weight excluding hydrogens is 359 g/mol. The quantitative estimate of drug-likeness (QED) is 0.632. The number of urea groups is 1. The van der Waals surface area contributed by atoms with Crippen molar-refractivity contribution < 1.29 is 18.8 Å². The van der Waals surface area contributed by atoms with E-state index in [0.717, 1.165) is 21.6 Å². The van der Waals surface area contributed by atoms with Crippen molar-refractivity contribution in [2.75, 3.05) is 6.54 Å². The predicted molar refractivity (Wildman–Crippen MR) is 104 cm³/mol. The second-order valence-corrected chi connectivity index (χ2v) is 7.26. The van der Waals surface area contributed by atoms with Gasteiger partial charge in [0.2, 0.25) is 0 Å². The number of nitrogens with zero attached hydrogens (tertiary/aromatic N) is 1. The van der Waals surface area contributed by atoms with Crippen LogP contribution in [0.4, 0.5) is 9.18 Å². The van der Waals surface area contributed by atoms with E-state index >= 15 is 0 Å². The van der Waals surface area contributed by atoms with Gasteiger partial charge in [0.05, 0.1) is 6.54 Å². The van der Waals surface area contributed by atoms with E-state index in [1.54, 1.807) is 13.0 Å². The van der Waals surface area contributed by atoms with E-state index in [2.05, 4.69) is 5.32 Å². The van der Waals surface area contributed by atoms with Crippen LogP contribution in [-0.2, 0) is 10.3 Å². The Morgan fingerprint density at radius 1 is 1.04 bits per heavy atom. The van der Waals surface area contributed by atoms with Gasteiger partial charge in [0.25, 0.3) is 5.91 Å². The molecule has 1 heterocycles. The SMILES string of the molecule is CC[C@]1(c2ccc(F)cc2)NC(=O)N(CC(=O)c2cc(C)c(C)cc2C)C1=O. The minimum atomic E-state index is -1.29. The van der Waals surface area contributed by atoms with Gasteiger partial charge in [-0.25, -0.2) is 9.18 Å². The minimum Gasteiger partial charge on any atom is -0.319 e. The molecule has 28 heavy (non-hydrogen) atoms. The summed E-state index contributed by atoms with van der Waals surface area (Å²) in [5.74, 6) is -1.22. The van der Waals surface area contributed by atoms with Gasteiger partial charge in [0, 0.05) is 5.56 Å². The smallest absolute Gasteiger partial charge is 0.319 e. The molecule has 0 saturated carbocycles. The van der Waals surface area contributed by atoms with Crippen LogP contribution < -0.4 is 5.32 Å². The maximum Gasteiger partial charge on any atom is 0.325 e. The van der Waals surface area contributed by atoms with Gasteiger partial charge in [-0.05, 0) is 67.6 Å². The molecule has 3 rings (SSSR count). The predicted octanol–water partition coefficient (Wildman–Crippen LogP) is 3.79. The number of imide groups is 1. The van der Waals surface area contributed by atoms with Gasteiger partial charge in [-0.3, -0.25) is 14.5 Å². The first-order chi connectivity index (χ1) is 13.2. The fourth-order valence-electron chi connectivity index (χ4n) is 3.63. The minimum absolute atomic E-state index is 0.288. The summed E-state index contributed by atoms with van der Waals surface area (Å²) >= 11 is 0. The van der Waals surface area contributed by atoms with Crippen molar-refractivity contribution in [3.63, 3.8) is 0 Å². The van der Waals surface area contributed by atoms with Crippen molar-refractivity contribution in [1.29, 1.82) is 0 Å². The molecule has 0 unspecified atom stereocenters. The number of hydrogen-bond acceptors (Lipinski definition) is 3. The molecule has 2 aromatic rings. The van der Waals surface area contributed by atoms with Crippen molar-refractivity contribution in [1.82, 2.24) is 10.2 Å². The Hall–Kier alpha value is -3.02. The summed E-state index contributed by atoms with van der Waals surface area (Å²) in [5.41, 5.74) is 2.56. The number of ketones is 1. The van der Waals surface area contributed by atoms with E-state index in [1.165, 1.54) is 24.3 Å². The van der Waals surface area contributed by atoms with Crippen LogP contribution in [0.25, 0.3) is 0 Å². The van der Waals surface area contributed by atoms with Crippen molar-refractivity contribution in [2.45, 2.75) is 39.7 Å². The number of carbonyl (C=O) groups is 3. The highest BCUT2D eigenvalue weighted by Crippen LogP contribution is 2.32. The maximum absolute atomic E-state index is 13.3. The number of amides is 3. The standard InChI is InChI=1S/C22H23FN2O3/c1-5-22(16-6-8-17(23)9-7-16)20(27)25(21(28)24-22)12-19(26)18-11-14(3)13(2)10-15(18)4/h6-11H,5,12H2,1-4H3,(H,24,28)/t22-/m1/s1. The third-order valence-electron chi connectivity index (χ3n) is 5.49. The van der Waals surface area contributed by atoms with E-state index in [9.17, 15) is 18.8 Å². The molecule has 0 bridgehead atoms. The maximum atomic E-state index is 13.3. The lowest BCUT2D eigenvalue weighted by atomic mass is 9.87. The molecule has 0 aliphatic carbocycles. The molecule has 1 N–H and O–H groups in total. The van der Waals surface area contributed by atoms with Crippen molar-refractivity contribution >= 4 is 17.7 Å². The van der Waals surface area contributed by atoms with Crippen molar-refractivity contribution in [3.8, 4) is 0 Å². The lowest BCUT2D eigenvalue weighted by Crippen LogP contribution is -2.43. The number of Topliss-reactive ketones (excluding diaryl/α,β-unsaturated/α-hetero) is 1. The number of halogens is 1. The van der Waals surface area contributed by atoms with Crippen LogP contribution in [0.5, 0.6) is 0 Å². The first kappa shape index (κ1) is 19.7. The van der Waals surface area contributed by atoms with Crippen molar-refractivity contribution in [2.24, 2.45) is 0 Å². The molecule has 0 aromatic heterocycles. The van der Waals surface area contributed by atoms with Crippen LogP contribution in [0.2, 0.25) is 0 Å². The number of benzene rings is 2. The number of aryl methyl sites for hydroxylation is 3. The van der Waals surface area contributed by atoms with Gasteiger partial charge in [-0.1, -0.05) is 25.1 Å². The molecule has 3 amide bonds. The highest BCUT2D eigenvalue weighted by Gasteiger charge is 2.51. The molecule has 2 aromatic carbocycles. The Labute approximate surface area is 163 Å². The molecule has 1 aliphatic heterocycles. The Morgan fingerprint density at radius 3 is 2.25 bits per heavy atom. The lowest BCUT2D eigenvalue weighted by molar-refractivity contribution is -0.131. The number of carbonyl (C=O) groups excluding carboxylic acids is 3. The molecule has 146 valence electrons. The van der Waals surface area contributed by atoms with Gasteiger partial charge in [-0.2, -0.15) is 0 Å².